The monoisotopic (exact) mass is 251 g/mol. The summed E-state index contributed by atoms with van der Waals surface area (Å²) in [5, 5.41) is 8.92. The zero-order valence-corrected chi connectivity index (χ0v) is 10.5. The molecule has 4 heteroatoms. The molecule has 1 saturated heterocycles. The maximum absolute atomic E-state index is 14.1. The third kappa shape index (κ3) is 2.63. The van der Waals surface area contributed by atoms with Gasteiger partial charge in [-0.1, -0.05) is 17.7 Å². The summed E-state index contributed by atoms with van der Waals surface area (Å²) in [7, 11) is 0. The van der Waals surface area contributed by atoms with Crippen molar-refractivity contribution in [3.63, 3.8) is 0 Å². The quantitative estimate of drug-likeness (QED) is 0.878. The number of benzene rings is 1. The van der Waals surface area contributed by atoms with Gasteiger partial charge in [-0.2, -0.15) is 0 Å². The number of carbonyl (C=O) groups is 1. The molecule has 1 aromatic rings. The number of halogens is 1. The van der Waals surface area contributed by atoms with E-state index in [0.717, 1.165) is 5.69 Å². The van der Waals surface area contributed by atoms with Gasteiger partial charge >= 0.3 is 5.97 Å². The van der Waals surface area contributed by atoms with E-state index >= 15 is 0 Å². The number of nitrogens with zero attached hydrogens (tertiary/aromatic N) is 1. The summed E-state index contributed by atoms with van der Waals surface area (Å²) >= 11 is 0. The van der Waals surface area contributed by atoms with Crippen LogP contribution in [-0.4, -0.2) is 29.8 Å². The van der Waals surface area contributed by atoms with Crippen LogP contribution in [0.3, 0.4) is 0 Å². The van der Waals surface area contributed by atoms with E-state index in [9.17, 15) is 9.18 Å². The Balaban J connectivity index is 2.09. The summed E-state index contributed by atoms with van der Waals surface area (Å²) in [6.07, 6.45) is 0.720. The number of hydrogen-bond acceptors (Lipinski definition) is 2. The van der Waals surface area contributed by atoms with Gasteiger partial charge in [0.25, 0.3) is 0 Å². The summed E-state index contributed by atoms with van der Waals surface area (Å²) in [4.78, 5) is 13.0. The van der Waals surface area contributed by atoms with Crippen LogP contribution in [0.4, 0.5) is 10.1 Å². The van der Waals surface area contributed by atoms with Gasteiger partial charge in [0, 0.05) is 25.2 Å². The topological polar surface area (TPSA) is 40.5 Å². The van der Waals surface area contributed by atoms with E-state index in [1.807, 2.05) is 31.2 Å². The number of hydrogen-bond donors (Lipinski definition) is 1. The molecule has 1 N–H and O–H groups in total. The van der Waals surface area contributed by atoms with E-state index in [-0.39, 0.29) is 12.8 Å². The maximum Gasteiger partial charge on any atom is 0.341 e. The smallest absolute Gasteiger partial charge is 0.341 e. The molecule has 0 bridgehead atoms. The first-order valence-corrected chi connectivity index (χ1v) is 6.25. The van der Waals surface area contributed by atoms with Crippen LogP contribution < -0.4 is 4.90 Å². The zero-order valence-electron chi connectivity index (χ0n) is 10.5. The molecule has 1 atom stereocenters. The van der Waals surface area contributed by atoms with Crippen LogP contribution in [0.25, 0.3) is 0 Å². The van der Waals surface area contributed by atoms with Crippen LogP contribution in [0.2, 0.25) is 0 Å². The lowest BCUT2D eigenvalue weighted by Crippen LogP contribution is -2.35. The summed E-state index contributed by atoms with van der Waals surface area (Å²) < 4.78 is 14.1. The first kappa shape index (κ1) is 12.9. The number of carboxylic acid groups (broad SMARTS) is 1. The average Bonchev–Trinajstić information content (AvgIpc) is 2.54. The van der Waals surface area contributed by atoms with Crippen LogP contribution in [0.15, 0.2) is 24.3 Å². The first-order valence-electron chi connectivity index (χ1n) is 6.25. The van der Waals surface area contributed by atoms with Crippen molar-refractivity contribution in [3.8, 4) is 0 Å². The molecule has 1 heterocycles. The molecule has 0 saturated carbocycles. The molecular weight excluding hydrogens is 233 g/mol. The predicted molar refractivity (Wildman–Crippen MR) is 68.7 cm³/mol. The number of aryl methyl sites for hydroxylation is 1. The molecule has 1 aliphatic rings. The lowest BCUT2D eigenvalue weighted by atomic mass is 9.97. The van der Waals surface area contributed by atoms with Crippen molar-refractivity contribution in [1.29, 1.82) is 0 Å². The first-order chi connectivity index (χ1) is 8.51. The fourth-order valence-corrected chi connectivity index (χ4v) is 2.33. The highest BCUT2D eigenvalue weighted by Crippen LogP contribution is 2.29. The normalized spacial score (nSPS) is 24.7. The highest BCUT2D eigenvalue weighted by atomic mass is 19.1. The second-order valence-corrected chi connectivity index (χ2v) is 4.95. The Kier molecular flexibility index (Phi) is 3.55. The van der Waals surface area contributed by atoms with Crippen molar-refractivity contribution < 1.29 is 14.3 Å². The number of carboxylic acids is 1. The molecule has 1 aliphatic heterocycles. The highest BCUT2D eigenvalue weighted by molar-refractivity contribution is 5.77. The van der Waals surface area contributed by atoms with Crippen molar-refractivity contribution in [1.82, 2.24) is 0 Å². The standard InChI is InChI=1S/C14H18FNO2/c1-11-3-5-12(6-4-11)16-9-2-7-14(15,8-10-16)13(17)18/h3-6H,2,7-10H2,1H3,(H,17,18). The molecule has 0 radical (unpaired) electrons. The third-order valence-electron chi connectivity index (χ3n) is 3.56. The Labute approximate surface area is 106 Å². The predicted octanol–water partition coefficient (Wildman–Crippen LogP) is 2.78. The Morgan fingerprint density at radius 3 is 2.56 bits per heavy atom. The molecule has 1 fully saturated rings. The van der Waals surface area contributed by atoms with Crippen LogP contribution >= 0.6 is 0 Å². The molecule has 0 aliphatic carbocycles. The molecule has 0 spiro atoms. The second kappa shape index (κ2) is 4.96. The molecule has 3 nitrogen and oxygen atoms in total. The van der Waals surface area contributed by atoms with Gasteiger partial charge < -0.3 is 10.0 Å². The van der Waals surface area contributed by atoms with E-state index in [2.05, 4.69) is 4.90 Å². The van der Waals surface area contributed by atoms with Gasteiger partial charge in [-0.15, -0.1) is 0 Å². The number of alkyl halides is 1. The van der Waals surface area contributed by atoms with Gasteiger partial charge in [0.05, 0.1) is 0 Å². The van der Waals surface area contributed by atoms with E-state index in [4.69, 9.17) is 5.11 Å². The van der Waals surface area contributed by atoms with Crippen molar-refractivity contribution in [3.05, 3.63) is 29.8 Å². The molecular formula is C14H18FNO2. The van der Waals surface area contributed by atoms with Crippen LogP contribution in [0, 0.1) is 6.92 Å². The summed E-state index contributed by atoms with van der Waals surface area (Å²) in [6, 6.07) is 8.03. The van der Waals surface area contributed by atoms with Gasteiger partial charge in [-0.25, -0.2) is 9.18 Å². The summed E-state index contributed by atoms with van der Waals surface area (Å²) in [5.74, 6) is -1.33. The van der Waals surface area contributed by atoms with Gasteiger partial charge in [0.1, 0.15) is 0 Å². The number of aliphatic carboxylic acids is 1. The minimum atomic E-state index is -2.06. The van der Waals surface area contributed by atoms with E-state index in [1.165, 1.54) is 5.56 Å². The fourth-order valence-electron chi connectivity index (χ4n) is 2.33. The van der Waals surface area contributed by atoms with Gasteiger partial charge in [0.2, 0.25) is 5.67 Å². The molecule has 1 aromatic carbocycles. The van der Waals surface area contributed by atoms with Crippen molar-refractivity contribution >= 4 is 11.7 Å². The minimum absolute atomic E-state index is 0.0518. The Morgan fingerprint density at radius 2 is 1.94 bits per heavy atom. The molecule has 98 valence electrons. The largest absolute Gasteiger partial charge is 0.479 e. The van der Waals surface area contributed by atoms with Crippen molar-refractivity contribution in [2.45, 2.75) is 31.9 Å². The maximum atomic E-state index is 14.1. The number of rotatable bonds is 2. The van der Waals surface area contributed by atoms with Gasteiger partial charge in [0.15, 0.2) is 0 Å². The lowest BCUT2D eigenvalue weighted by Gasteiger charge is -2.23. The Morgan fingerprint density at radius 1 is 1.28 bits per heavy atom. The second-order valence-electron chi connectivity index (χ2n) is 4.95. The van der Waals surface area contributed by atoms with Gasteiger partial charge in [-0.05, 0) is 31.9 Å². The van der Waals surface area contributed by atoms with E-state index in [0.29, 0.717) is 19.5 Å². The van der Waals surface area contributed by atoms with Crippen LogP contribution in [-0.2, 0) is 4.79 Å². The van der Waals surface area contributed by atoms with E-state index in [1.54, 1.807) is 0 Å². The van der Waals surface area contributed by atoms with Crippen LogP contribution in [0.1, 0.15) is 24.8 Å². The average molecular weight is 251 g/mol. The van der Waals surface area contributed by atoms with Crippen LogP contribution in [0.5, 0.6) is 0 Å². The molecule has 2 rings (SSSR count). The lowest BCUT2D eigenvalue weighted by molar-refractivity contribution is -0.151. The molecule has 18 heavy (non-hydrogen) atoms. The Bertz CT molecular complexity index is 432. The Hall–Kier alpha value is -1.58. The summed E-state index contributed by atoms with van der Waals surface area (Å²) in [6.45, 7) is 3.18. The van der Waals surface area contributed by atoms with Gasteiger partial charge in [-0.3, -0.25) is 0 Å². The number of anilines is 1. The minimum Gasteiger partial charge on any atom is -0.479 e. The van der Waals surface area contributed by atoms with E-state index < -0.39 is 11.6 Å². The molecule has 0 amide bonds. The fraction of sp³-hybridized carbons (Fsp3) is 0.500. The zero-order chi connectivity index (χ0) is 13.2. The van der Waals surface area contributed by atoms with Crippen molar-refractivity contribution in [2.75, 3.05) is 18.0 Å². The summed E-state index contributed by atoms with van der Waals surface area (Å²) in [5.41, 5.74) is 0.161. The molecule has 1 unspecified atom stereocenters. The SMILES string of the molecule is Cc1ccc(N2CCCC(F)(C(=O)O)CC2)cc1. The van der Waals surface area contributed by atoms with Crippen molar-refractivity contribution in [2.24, 2.45) is 0 Å². The highest BCUT2D eigenvalue weighted by Gasteiger charge is 2.39. The third-order valence-corrected chi connectivity index (χ3v) is 3.56. The molecule has 0 aromatic heterocycles.